The Balaban J connectivity index is 2.75. The van der Waals surface area contributed by atoms with Crippen molar-refractivity contribution in [2.24, 2.45) is 0 Å². The normalized spacial score (nSPS) is 22.7. The highest BCUT2D eigenvalue weighted by atomic mass is 16.6. The third-order valence-electron chi connectivity index (χ3n) is 3.07. The van der Waals surface area contributed by atoms with E-state index >= 15 is 0 Å². The molecule has 0 saturated carbocycles. The zero-order chi connectivity index (χ0) is 13.3. The molecule has 3 heteroatoms. The van der Waals surface area contributed by atoms with Crippen LogP contribution < -0.4 is 0 Å². The summed E-state index contributed by atoms with van der Waals surface area (Å²) in [4.78, 5) is 14.0. The fraction of sp³-hybridized carbons (Fsp3) is 0.786. The van der Waals surface area contributed by atoms with Crippen molar-refractivity contribution < 1.29 is 9.53 Å². The Morgan fingerprint density at radius 2 is 2.00 bits per heavy atom. The van der Waals surface area contributed by atoms with Crippen LogP contribution in [0.2, 0.25) is 0 Å². The number of piperidine rings is 1. The molecule has 17 heavy (non-hydrogen) atoms. The molecule has 1 rings (SSSR count). The zero-order valence-corrected chi connectivity index (χ0v) is 12.0. The molecule has 0 aliphatic carbocycles. The van der Waals surface area contributed by atoms with E-state index < -0.39 is 5.60 Å². The Morgan fingerprint density at radius 3 is 2.41 bits per heavy atom. The molecule has 0 aromatic heterocycles. The second-order valence-electron chi connectivity index (χ2n) is 6.32. The fourth-order valence-corrected chi connectivity index (χ4v) is 2.20. The molecule has 1 amide bonds. The minimum absolute atomic E-state index is 0.150. The monoisotopic (exact) mass is 239 g/mol. The van der Waals surface area contributed by atoms with Gasteiger partial charge < -0.3 is 9.64 Å². The number of rotatable bonds is 0. The third-order valence-corrected chi connectivity index (χ3v) is 3.07. The van der Waals surface area contributed by atoms with Crippen molar-refractivity contribution in [2.45, 2.75) is 65.5 Å². The Kier molecular flexibility index (Phi) is 3.90. The summed E-state index contributed by atoms with van der Waals surface area (Å²) < 4.78 is 5.45. The molecule has 1 fully saturated rings. The van der Waals surface area contributed by atoms with Gasteiger partial charge in [0, 0.05) is 12.1 Å². The Morgan fingerprint density at radius 1 is 1.41 bits per heavy atom. The summed E-state index contributed by atoms with van der Waals surface area (Å²) in [5, 5.41) is 0. The maximum Gasteiger partial charge on any atom is 0.410 e. The summed E-state index contributed by atoms with van der Waals surface area (Å²) in [5.74, 6) is 0. The molecular weight excluding hydrogens is 214 g/mol. The summed E-state index contributed by atoms with van der Waals surface area (Å²) in [7, 11) is 0. The second kappa shape index (κ2) is 4.71. The molecule has 0 aromatic carbocycles. The van der Waals surface area contributed by atoms with Gasteiger partial charge in [0.1, 0.15) is 5.60 Å². The van der Waals surface area contributed by atoms with Crippen LogP contribution >= 0.6 is 0 Å². The van der Waals surface area contributed by atoms with E-state index in [1.807, 2.05) is 25.7 Å². The van der Waals surface area contributed by atoms with E-state index in [-0.39, 0.29) is 11.6 Å². The molecule has 0 atom stereocenters. The van der Waals surface area contributed by atoms with Crippen LogP contribution in [0.4, 0.5) is 4.79 Å². The van der Waals surface area contributed by atoms with Crippen molar-refractivity contribution >= 4 is 6.09 Å². The van der Waals surface area contributed by atoms with Crippen molar-refractivity contribution in [3.63, 3.8) is 0 Å². The summed E-state index contributed by atoms with van der Waals surface area (Å²) >= 11 is 0. The predicted molar refractivity (Wildman–Crippen MR) is 70.0 cm³/mol. The van der Waals surface area contributed by atoms with Crippen LogP contribution in [0.25, 0.3) is 0 Å². The van der Waals surface area contributed by atoms with E-state index in [1.54, 1.807) is 0 Å². The number of ether oxygens (including phenoxy) is 1. The molecule has 0 bridgehead atoms. The average Bonchev–Trinajstić information content (AvgIpc) is 2.12. The smallest absolute Gasteiger partial charge is 0.410 e. The van der Waals surface area contributed by atoms with Crippen molar-refractivity contribution in [2.75, 3.05) is 6.54 Å². The Labute approximate surface area is 105 Å². The molecule has 0 aromatic rings. The number of likely N-dealkylation sites (tertiary alicyclic amines) is 1. The molecule has 0 N–H and O–H groups in total. The number of amides is 1. The molecule has 98 valence electrons. The van der Waals surface area contributed by atoms with E-state index in [9.17, 15) is 4.79 Å². The van der Waals surface area contributed by atoms with Crippen LogP contribution in [0, 0.1) is 0 Å². The maximum atomic E-state index is 12.1. The van der Waals surface area contributed by atoms with Gasteiger partial charge in [0.15, 0.2) is 0 Å². The first-order valence-electron chi connectivity index (χ1n) is 6.30. The van der Waals surface area contributed by atoms with Gasteiger partial charge in [-0.05, 0) is 54.4 Å². The van der Waals surface area contributed by atoms with Crippen molar-refractivity contribution in [3.05, 3.63) is 11.6 Å². The van der Waals surface area contributed by atoms with Crippen molar-refractivity contribution in [3.8, 4) is 0 Å². The first-order chi connectivity index (χ1) is 7.65. The summed E-state index contributed by atoms with van der Waals surface area (Å²) in [6.07, 6.45) is 3.86. The number of nitrogens with zero attached hydrogens (tertiary/aromatic N) is 1. The number of hydrogen-bond donors (Lipinski definition) is 0. The Hall–Kier alpha value is -0.990. The molecule has 1 aliphatic heterocycles. The van der Waals surface area contributed by atoms with E-state index in [0.29, 0.717) is 0 Å². The average molecular weight is 239 g/mol. The van der Waals surface area contributed by atoms with E-state index in [2.05, 4.69) is 26.8 Å². The molecule has 1 aliphatic rings. The molecule has 0 spiro atoms. The lowest BCUT2D eigenvalue weighted by Gasteiger charge is -2.43. The van der Waals surface area contributed by atoms with Gasteiger partial charge in [0.2, 0.25) is 0 Å². The third kappa shape index (κ3) is 3.76. The lowest BCUT2D eigenvalue weighted by Crippen LogP contribution is -2.52. The van der Waals surface area contributed by atoms with Crippen LogP contribution in [0.5, 0.6) is 0 Å². The number of allylic oxidation sites excluding steroid dienone is 1. The van der Waals surface area contributed by atoms with Crippen LogP contribution in [0.1, 0.15) is 54.4 Å². The topological polar surface area (TPSA) is 29.5 Å². The standard InChI is InChI=1S/C14H25NO2/c1-7-11-8-9-15(14(5,6)10-11)12(16)17-13(2,3)4/h7H,8-10H2,1-6H3/b11-7-. The highest BCUT2D eigenvalue weighted by Gasteiger charge is 2.37. The molecule has 1 saturated heterocycles. The van der Waals surface area contributed by atoms with Gasteiger partial charge in [-0.25, -0.2) is 4.79 Å². The summed E-state index contributed by atoms with van der Waals surface area (Å²) in [6.45, 7) is 12.7. The summed E-state index contributed by atoms with van der Waals surface area (Å²) in [5.41, 5.74) is 0.853. The van der Waals surface area contributed by atoms with Crippen LogP contribution in [-0.4, -0.2) is 28.7 Å². The van der Waals surface area contributed by atoms with Gasteiger partial charge in [0.25, 0.3) is 0 Å². The van der Waals surface area contributed by atoms with Crippen molar-refractivity contribution in [1.29, 1.82) is 0 Å². The number of carbonyl (C=O) groups is 1. The molecule has 1 heterocycles. The lowest BCUT2D eigenvalue weighted by molar-refractivity contribution is -0.000994. The van der Waals surface area contributed by atoms with Crippen LogP contribution in [-0.2, 0) is 4.74 Å². The van der Waals surface area contributed by atoms with E-state index in [1.165, 1.54) is 5.57 Å². The first-order valence-corrected chi connectivity index (χ1v) is 6.30. The van der Waals surface area contributed by atoms with Gasteiger partial charge in [-0.1, -0.05) is 11.6 Å². The fourth-order valence-electron chi connectivity index (χ4n) is 2.20. The minimum atomic E-state index is -0.423. The molecular formula is C14H25NO2. The summed E-state index contributed by atoms with van der Waals surface area (Å²) in [6, 6.07) is 0. The Bertz CT molecular complexity index is 324. The van der Waals surface area contributed by atoms with Crippen LogP contribution in [0.3, 0.4) is 0 Å². The number of carbonyl (C=O) groups excluding carboxylic acids is 1. The van der Waals surface area contributed by atoms with Crippen molar-refractivity contribution in [1.82, 2.24) is 4.90 Å². The number of hydrogen-bond acceptors (Lipinski definition) is 2. The second-order valence-corrected chi connectivity index (χ2v) is 6.32. The highest BCUT2D eigenvalue weighted by molar-refractivity contribution is 5.69. The largest absolute Gasteiger partial charge is 0.444 e. The van der Waals surface area contributed by atoms with Gasteiger partial charge >= 0.3 is 6.09 Å². The van der Waals surface area contributed by atoms with Gasteiger partial charge in [0.05, 0.1) is 0 Å². The van der Waals surface area contributed by atoms with Gasteiger partial charge in [-0.3, -0.25) is 0 Å². The minimum Gasteiger partial charge on any atom is -0.444 e. The SMILES string of the molecule is C/C=C1/CCN(C(=O)OC(C)(C)C)C(C)(C)C1. The molecule has 0 unspecified atom stereocenters. The predicted octanol–water partition coefficient (Wildman–Crippen LogP) is 3.74. The zero-order valence-electron chi connectivity index (χ0n) is 12.0. The van der Waals surface area contributed by atoms with Gasteiger partial charge in [-0.2, -0.15) is 0 Å². The molecule has 3 nitrogen and oxygen atoms in total. The van der Waals surface area contributed by atoms with Gasteiger partial charge in [-0.15, -0.1) is 0 Å². The lowest BCUT2D eigenvalue weighted by atomic mass is 9.87. The maximum absolute atomic E-state index is 12.1. The van der Waals surface area contributed by atoms with E-state index in [4.69, 9.17) is 4.74 Å². The first kappa shape index (κ1) is 14.1. The highest BCUT2D eigenvalue weighted by Crippen LogP contribution is 2.32. The quantitative estimate of drug-likeness (QED) is 0.603. The van der Waals surface area contributed by atoms with E-state index in [0.717, 1.165) is 19.4 Å². The van der Waals surface area contributed by atoms with Crippen LogP contribution in [0.15, 0.2) is 11.6 Å². The molecule has 0 radical (unpaired) electrons.